The Bertz CT molecular complexity index is 857. The number of hydrogen-bond acceptors (Lipinski definition) is 6. The van der Waals surface area contributed by atoms with Crippen LogP contribution in [-0.4, -0.2) is 0 Å². The zero-order valence-corrected chi connectivity index (χ0v) is 14.0. The zero-order valence-electron chi connectivity index (χ0n) is 12.3. The molecule has 114 valence electrons. The summed E-state index contributed by atoms with van der Waals surface area (Å²) in [4.78, 5) is 2.11. The molecule has 2 aliphatic heterocycles. The summed E-state index contributed by atoms with van der Waals surface area (Å²) in [5.41, 5.74) is 2.65. The van der Waals surface area contributed by atoms with E-state index in [0.29, 0.717) is 21.2 Å². The van der Waals surface area contributed by atoms with Gasteiger partial charge in [0.25, 0.3) is 0 Å². The summed E-state index contributed by atoms with van der Waals surface area (Å²) in [6, 6.07) is 20.1. The van der Waals surface area contributed by atoms with Crippen LogP contribution in [0.2, 0.25) is 0 Å². The third-order valence-corrected chi connectivity index (χ3v) is 5.79. The molecule has 2 aliphatic rings. The van der Waals surface area contributed by atoms with Crippen LogP contribution in [0, 0.1) is 22.7 Å². The molecule has 0 aliphatic carbocycles. The Morgan fingerprint density at radius 1 is 0.708 bits per heavy atom. The van der Waals surface area contributed by atoms with Crippen molar-refractivity contribution < 1.29 is 0 Å². The molecule has 4 rings (SSSR count). The summed E-state index contributed by atoms with van der Waals surface area (Å²) in [7, 11) is 0. The lowest BCUT2D eigenvalue weighted by molar-refractivity contribution is 1.38. The Labute approximate surface area is 147 Å². The van der Waals surface area contributed by atoms with Crippen LogP contribution in [0.3, 0.4) is 0 Å². The van der Waals surface area contributed by atoms with E-state index in [1.54, 1.807) is 0 Å². The van der Waals surface area contributed by atoms with Crippen LogP contribution in [0.25, 0.3) is 0 Å². The van der Waals surface area contributed by atoms with Crippen LogP contribution < -0.4 is 10.6 Å². The van der Waals surface area contributed by atoms with Crippen LogP contribution in [0.15, 0.2) is 79.5 Å². The first-order chi connectivity index (χ1) is 11.8. The van der Waals surface area contributed by atoms with Gasteiger partial charge in [0.05, 0.1) is 21.4 Å². The molecule has 0 fully saturated rings. The number of hydrogen-bond donors (Lipinski definition) is 2. The van der Waals surface area contributed by atoms with Crippen LogP contribution in [0.5, 0.6) is 0 Å². The van der Waals surface area contributed by atoms with Crippen molar-refractivity contribution in [2.45, 2.75) is 9.79 Å². The van der Waals surface area contributed by atoms with E-state index in [4.69, 9.17) is 0 Å². The fourth-order valence-corrected chi connectivity index (χ4v) is 4.51. The van der Waals surface area contributed by atoms with Gasteiger partial charge in [-0.25, -0.2) is 0 Å². The second-order valence-electron chi connectivity index (χ2n) is 5.08. The lowest BCUT2D eigenvalue weighted by atomic mass is 10.1. The van der Waals surface area contributed by atoms with E-state index in [0.717, 1.165) is 21.2 Å². The molecular formula is C18H10N4S2. The van der Waals surface area contributed by atoms with Crippen molar-refractivity contribution in [2.24, 2.45) is 0 Å². The molecule has 2 aromatic carbocycles. The van der Waals surface area contributed by atoms with E-state index in [2.05, 4.69) is 22.8 Å². The number of allylic oxidation sites excluding steroid dienone is 2. The van der Waals surface area contributed by atoms with Gasteiger partial charge in [-0.05, 0) is 24.3 Å². The van der Waals surface area contributed by atoms with E-state index >= 15 is 0 Å². The predicted molar refractivity (Wildman–Crippen MR) is 97.1 cm³/mol. The standard InChI is InChI=1S/C18H10N4S2/c19-9-11(17-21-13-5-1-3-7-15(13)23-17)12(10-20)18-22-14-6-2-4-8-16(14)24-18/h1-8,21-22H/b17-11+,18-12+. The highest BCUT2D eigenvalue weighted by atomic mass is 32.2. The van der Waals surface area contributed by atoms with Crippen molar-refractivity contribution in [1.82, 2.24) is 0 Å². The summed E-state index contributed by atoms with van der Waals surface area (Å²) in [6.45, 7) is 0. The molecule has 0 aromatic heterocycles. The maximum absolute atomic E-state index is 9.66. The smallest absolute Gasteiger partial charge is 0.103 e. The number of rotatable bonds is 1. The molecule has 24 heavy (non-hydrogen) atoms. The SMILES string of the molecule is N#CC(=C1/Nc2ccccc2S1)/C(C#N)=C1\Nc2ccccc2S1. The molecule has 4 nitrogen and oxygen atoms in total. The molecule has 0 spiro atoms. The highest BCUT2D eigenvalue weighted by Crippen LogP contribution is 2.46. The van der Waals surface area contributed by atoms with Gasteiger partial charge in [0.15, 0.2) is 0 Å². The third kappa shape index (κ3) is 2.43. The largest absolute Gasteiger partial charge is 0.348 e. The molecular weight excluding hydrogens is 336 g/mol. The van der Waals surface area contributed by atoms with Crippen LogP contribution in [0.1, 0.15) is 0 Å². The minimum atomic E-state index is 0.363. The molecule has 0 saturated heterocycles. The van der Waals surface area contributed by atoms with E-state index in [1.165, 1.54) is 23.5 Å². The predicted octanol–water partition coefficient (Wildman–Crippen LogP) is 4.89. The Morgan fingerprint density at radius 2 is 1.12 bits per heavy atom. The van der Waals surface area contributed by atoms with Gasteiger partial charge in [0.1, 0.15) is 23.3 Å². The summed E-state index contributed by atoms with van der Waals surface area (Å²) in [5, 5.41) is 27.2. The van der Waals surface area contributed by atoms with Gasteiger partial charge in [0.2, 0.25) is 0 Å². The number of nitrogens with zero attached hydrogens (tertiary/aromatic N) is 2. The number of anilines is 2. The van der Waals surface area contributed by atoms with E-state index < -0.39 is 0 Å². The van der Waals surface area contributed by atoms with E-state index in [9.17, 15) is 10.5 Å². The first-order valence-corrected chi connectivity index (χ1v) is 8.80. The fraction of sp³-hybridized carbons (Fsp3) is 0. The minimum Gasteiger partial charge on any atom is -0.348 e. The van der Waals surface area contributed by atoms with Crippen molar-refractivity contribution in [1.29, 1.82) is 10.5 Å². The van der Waals surface area contributed by atoms with Gasteiger partial charge in [-0.15, -0.1) is 0 Å². The maximum Gasteiger partial charge on any atom is 0.103 e. The Morgan fingerprint density at radius 3 is 1.50 bits per heavy atom. The number of nitriles is 2. The molecule has 0 atom stereocenters. The van der Waals surface area contributed by atoms with Crippen LogP contribution in [0.4, 0.5) is 11.4 Å². The maximum atomic E-state index is 9.66. The number of nitrogens with one attached hydrogen (secondary N) is 2. The summed E-state index contributed by atoms with van der Waals surface area (Å²) in [5.74, 6) is 0. The van der Waals surface area contributed by atoms with Crippen molar-refractivity contribution in [2.75, 3.05) is 10.6 Å². The first kappa shape index (κ1) is 14.8. The fourth-order valence-electron chi connectivity index (χ4n) is 2.50. The highest BCUT2D eigenvalue weighted by Gasteiger charge is 2.26. The Hall–Kier alpha value is -2.80. The third-order valence-electron chi connectivity index (χ3n) is 3.62. The monoisotopic (exact) mass is 346 g/mol. The highest BCUT2D eigenvalue weighted by molar-refractivity contribution is 8.04. The average molecular weight is 346 g/mol. The van der Waals surface area contributed by atoms with Crippen molar-refractivity contribution in [3.05, 3.63) is 69.7 Å². The molecule has 6 heteroatoms. The second-order valence-corrected chi connectivity index (χ2v) is 7.18. The van der Waals surface area contributed by atoms with Crippen LogP contribution in [-0.2, 0) is 0 Å². The van der Waals surface area contributed by atoms with E-state index in [-0.39, 0.29) is 0 Å². The molecule has 2 N–H and O–H groups in total. The quantitative estimate of drug-likeness (QED) is 0.716. The molecule has 0 bridgehead atoms. The lowest BCUT2D eigenvalue weighted by Crippen LogP contribution is -2.01. The van der Waals surface area contributed by atoms with Gasteiger partial charge < -0.3 is 10.6 Å². The summed E-state index contributed by atoms with van der Waals surface area (Å²) in [6.07, 6.45) is 0. The number of benzene rings is 2. The van der Waals surface area contributed by atoms with Crippen molar-refractivity contribution in [3.63, 3.8) is 0 Å². The number of para-hydroxylation sites is 2. The Balaban J connectivity index is 1.77. The zero-order chi connectivity index (χ0) is 16.5. The molecule has 0 radical (unpaired) electrons. The molecule has 0 unspecified atom stereocenters. The second kappa shape index (κ2) is 6.01. The molecule has 0 amide bonds. The van der Waals surface area contributed by atoms with Gasteiger partial charge >= 0.3 is 0 Å². The topological polar surface area (TPSA) is 71.6 Å². The van der Waals surface area contributed by atoms with E-state index in [1.807, 2.05) is 48.5 Å². The van der Waals surface area contributed by atoms with Gasteiger partial charge in [-0.2, -0.15) is 10.5 Å². The Kier molecular flexibility index (Phi) is 3.70. The molecule has 2 aromatic rings. The summed E-state index contributed by atoms with van der Waals surface area (Å²) < 4.78 is 0. The first-order valence-electron chi connectivity index (χ1n) is 7.17. The average Bonchev–Trinajstić information content (AvgIpc) is 3.22. The lowest BCUT2D eigenvalue weighted by Gasteiger charge is -2.06. The van der Waals surface area contributed by atoms with Gasteiger partial charge in [-0.1, -0.05) is 47.8 Å². The number of fused-ring (bicyclic) bond motifs is 2. The van der Waals surface area contributed by atoms with Gasteiger partial charge in [0, 0.05) is 9.79 Å². The van der Waals surface area contributed by atoms with Crippen molar-refractivity contribution in [3.8, 4) is 12.1 Å². The molecule has 2 heterocycles. The van der Waals surface area contributed by atoms with Gasteiger partial charge in [-0.3, -0.25) is 0 Å². The molecule has 0 saturated carbocycles. The normalized spacial score (nSPS) is 18.4. The van der Waals surface area contributed by atoms with Crippen molar-refractivity contribution >= 4 is 34.9 Å². The summed E-state index contributed by atoms with van der Waals surface area (Å²) >= 11 is 2.96. The minimum absolute atomic E-state index is 0.363. The van der Waals surface area contributed by atoms with Crippen LogP contribution >= 0.6 is 23.5 Å². The number of thioether (sulfide) groups is 2.